The smallest absolute Gasteiger partial charge is 0.340 e. The highest BCUT2D eigenvalue weighted by molar-refractivity contribution is 5.95. The maximum absolute atomic E-state index is 12.3. The number of aromatic carboxylic acids is 1. The average molecular weight is 204 g/mol. The molecule has 0 bridgehead atoms. The summed E-state index contributed by atoms with van der Waals surface area (Å²) in [5.41, 5.74) is 3.22. The van der Waals surface area contributed by atoms with Crippen LogP contribution in [0.1, 0.15) is 22.3 Å². The first-order valence-corrected chi connectivity index (χ1v) is 3.44. The number of pyridine rings is 1. The van der Waals surface area contributed by atoms with Gasteiger partial charge in [0.15, 0.2) is 0 Å². The molecule has 0 aliphatic rings. The molecule has 1 heterocycles. The van der Waals surface area contributed by atoms with Gasteiger partial charge in [0.1, 0.15) is 17.1 Å². The molecule has 0 aromatic carbocycles. The number of nitrogens with zero attached hydrogens (tertiary/aromatic N) is 1. The van der Waals surface area contributed by atoms with Gasteiger partial charge in [0.05, 0.1) is 11.8 Å². The maximum Gasteiger partial charge on any atom is 0.340 e. The Balaban J connectivity index is 3.50. The van der Waals surface area contributed by atoms with Gasteiger partial charge in [0.2, 0.25) is 0 Å². The van der Waals surface area contributed by atoms with Crippen LogP contribution in [-0.2, 0) is 0 Å². The lowest BCUT2D eigenvalue weighted by molar-refractivity contribution is 0.0683. The number of anilines is 1. The fourth-order valence-electron chi connectivity index (χ4n) is 0.976. The highest BCUT2D eigenvalue weighted by Crippen LogP contribution is 2.32. The largest absolute Gasteiger partial charge is 0.506 e. The number of alkyl halides is 2. The van der Waals surface area contributed by atoms with E-state index in [0.29, 0.717) is 6.20 Å². The molecule has 0 atom stereocenters. The van der Waals surface area contributed by atoms with Crippen molar-refractivity contribution in [1.29, 1.82) is 0 Å². The second-order valence-electron chi connectivity index (χ2n) is 2.42. The van der Waals surface area contributed by atoms with Crippen LogP contribution >= 0.6 is 0 Å². The van der Waals surface area contributed by atoms with Crippen molar-refractivity contribution in [1.82, 2.24) is 4.98 Å². The maximum atomic E-state index is 12.3. The number of hydrogen-bond donors (Lipinski definition) is 3. The lowest BCUT2D eigenvalue weighted by Crippen LogP contribution is -2.09. The number of carboxylic acids is 1. The third-order valence-corrected chi connectivity index (χ3v) is 1.56. The van der Waals surface area contributed by atoms with E-state index >= 15 is 0 Å². The minimum Gasteiger partial charge on any atom is -0.506 e. The Morgan fingerprint density at radius 3 is 2.50 bits per heavy atom. The monoisotopic (exact) mass is 204 g/mol. The summed E-state index contributed by atoms with van der Waals surface area (Å²) in [6.45, 7) is 0. The van der Waals surface area contributed by atoms with E-state index in [9.17, 15) is 13.6 Å². The summed E-state index contributed by atoms with van der Waals surface area (Å²) >= 11 is 0. The summed E-state index contributed by atoms with van der Waals surface area (Å²) in [4.78, 5) is 13.8. The van der Waals surface area contributed by atoms with Gasteiger partial charge in [-0.3, -0.25) is 0 Å². The molecule has 14 heavy (non-hydrogen) atoms. The molecule has 0 aliphatic carbocycles. The number of aromatic nitrogens is 1. The number of rotatable bonds is 2. The van der Waals surface area contributed by atoms with Crippen LogP contribution < -0.4 is 5.73 Å². The fourth-order valence-corrected chi connectivity index (χ4v) is 0.976. The van der Waals surface area contributed by atoms with Crippen molar-refractivity contribution in [3.05, 3.63) is 17.3 Å². The Kier molecular flexibility index (Phi) is 2.50. The van der Waals surface area contributed by atoms with Crippen molar-refractivity contribution in [2.45, 2.75) is 6.43 Å². The van der Waals surface area contributed by atoms with Gasteiger partial charge < -0.3 is 15.9 Å². The highest BCUT2D eigenvalue weighted by atomic mass is 19.3. The van der Waals surface area contributed by atoms with Crippen LogP contribution in [0.15, 0.2) is 6.20 Å². The van der Waals surface area contributed by atoms with Crippen molar-refractivity contribution in [2.75, 3.05) is 5.73 Å². The molecule has 0 saturated carbocycles. The van der Waals surface area contributed by atoms with E-state index in [1.807, 2.05) is 0 Å². The van der Waals surface area contributed by atoms with E-state index in [1.165, 1.54) is 0 Å². The van der Waals surface area contributed by atoms with Crippen molar-refractivity contribution in [3.8, 4) is 5.75 Å². The van der Waals surface area contributed by atoms with Gasteiger partial charge in [0, 0.05) is 0 Å². The van der Waals surface area contributed by atoms with E-state index in [1.54, 1.807) is 0 Å². The molecule has 0 saturated heterocycles. The van der Waals surface area contributed by atoms with Gasteiger partial charge in [-0.05, 0) is 0 Å². The zero-order valence-corrected chi connectivity index (χ0v) is 6.74. The van der Waals surface area contributed by atoms with Gasteiger partial charge in [-0.2, -0.15) is 0 Å². The molecule has 7 heteroatoms. The van der Waals surface area contributed by atoms with Crippen molar-refractivity contribution < 1.29 is 23.8 Å². The first-order chi connectivity index (χ1) is 6.45. The molecule has 1 aromatic rings. The van der Waals surface area contributed by atoms with E-state index in [0.717, 1.165) is 0 Å². The zero-order chi connectivity index (χ0) is 10.9. The van der Waals surface area contributed by atoms with Crippen LogP contribution in [0.3, 0.4) is 0 Å². The predicted octanol–water partition coefficient (Wildman–Crippen LogP) is 1.01. The van der Waals surface area contributed by atoms with Gasteiger partial charge in [-0.25, -0.2) is 18.6 Å². The molecular weight excluding hydrogens is 198 g/mol. The number of aromatic hydroxyl groups is 1. The molecule has 76 valence electrons. The molecule has 0 amide bonds. The quantitative estimate of drug-likeness (QED) is 0.667. The molecule has 0 spiro atoms. The lowest BCUT2D eigenvalue weighted by atomic mass is 10.1. The zero-order valence-electron chi connectivity index (χ0n) is 6.74. The van der Waals surface area contributed by atoms with Crippen molar-refractivity contribution in [3.63, 3.8) is 0 Å². The third kappa shape index (κ3) is 1.56. The summed E-state index contributed by atoms with van der Waals surface area (Å²) in [6.07, 6.45) is -2.44. The molecule has 0 unspecified atom stereocenters. The number of nitrogen functional groups attached to an aromatic ring is 1. The summed E-state index contributed by atoms with van der Waals surface area (Å²) in [5, 5.41) is 17.5. The van der Waals surface area contributed by atoms with Crippen LogP contribution in [0.2, 0.25) is 0 Å². The lowest BCUT2D eigenvalue weighted by Gasteiger charge is -2.08. The summed E-state index contributed by atoms with van der Waals surface area (Å²) < 4.78 is 24.6. The minimum atomic E-state index is -3.12. The number of halogens is 2. The molecule has 0 aliphatic heterocycles. The number of carbonyl (C=O) groups is 1. The SMILES string of the molecule is Nc1ncc(O)c(C(F)F)c1C(=O)O. The predicted molar refractivity (Wildman–Crippen MR) is 42.2 cm³/mol. The topological polar surface area (TPSA) is 96.4 Å². The molecule has 0 radical (unpaired) electrons. The Labute approximate surface area is 76.8 Å². The molecular formula is C7H6F2N2O3. The van der Waals surface area contributed by atoms with Crippen LogP contribution in [0.4, 0.5) is 14.6 Å². The summed E-state index contributed by atoms with van der Waals surface area (Å²) in [6, 6.07) is 0. The Morgan fingerprint density at radius 2 is 2.14 bits per heavy atom. The standard InChI is InChI=1S/C7H6F2N2O3/c8-5(9)3-2(12)1-11-6(10)4(3)7(13)14/h1,5,12H,(H2,10,11)(H,13,14). The van der Waals surface area contributed by atoms with E-state index in [4.69, 9.17) is 15.9 Å². The Morgan fingerprint density at radius 1 is 1.57 bits per heavy atom. The highest BCUT2D eigenvalue weighted by Gasteiger charge is 2.25. The van der Waals surface area contributed by atoms with Crippen LogP contribution in [0.5, 0.6) is 5.75 Å². The first kappa shape index (κ1) is 10.2. The van der Waals surface area contributed by atoms with Crippen molar-refractivity contribution in [2.24, 2.45) is 0 Å². The molecule has 5 nitrogen and oxygen atoms in total. The fraction of sp³-hybridized carbons (Fsp3) is 0.143. The molecule has 4 N–H and O–H groups in total. The summed E-state index contributed by atoms with van der Waals surface area (Å²) in [7, 11) is 0. The molecule has 0 fully saturated rings. The number of nitrogens with two attached hydrogens (primary N) is 1. The van der Waals surface area contributed by atoms with E-state index < -0.39 is 35.1 Å². The third-order valence-electron chi connectivity index (χ3n) is 1.56. The van der Waals surface area contributed by atoms with Gasteiger partial charge in [-0.15, -0.1) is 0 Å². The Bertz CT molecular complexity index is 381. The normalized spacial score (nSPS) is 10.5. The second kappa shape index (κ2) is 3.44. The van der Waals surface area contributed by atoms with E-state index in [-0.39, 0.29) is 0 Å². The molecule has 1 rings (SSSR count). The average Bonchev–Trinajstić information content (AvgIpc) is 2.07. The first-order valence-electron chi connectivity index (χ1n) is 3.44. The van der Waals surface area contributed by atoms with Gasteiger partial charge in [0.25, 0.3) is 6.43 Å². The van der Waals surface area contributed by atoms with Crippen LogP contribution in [0, 0.1) is 0 Å². The van der Waals surface area contributed by atoms with E-state index in [2.05, 4.69) is 4.98 Å². The second-order valence-corrected chi connectivity index (χ2v) is 2.42. The van der Waals surface area contributed by atoms with Crippen LogP contribution in [0.25, 0.3) is 0 Å². The van der Waals surface area contributed by atoms with Crippen LogP contribution in [-0.4, -0.2) is 21.2 Å². The van der Waals surface area contributed by atoms with Gasteiger partial charge in [-0.1, -0.05) is 0 Å². The Hall–Kier alpha value is -1.92. The minimum absolute atomic E-state index is 0.550. The van der Waals surface area contributed by atoms with Crippen molar-refractivity contribution >= 4 is 11.8 Å². The number of carboxylic acid groups (broad SMARTS) is 1. The summed E-state index contributed by atoms with van der Waals surface area (Å²) in [5.74, 6) is -3.08. The molecule has 1 aromatic heterocycles. The number of hydrogen-bond acceptors (Lipinski definition) is 4. The van der Waals surface area contributed by atoms with Gasteiger partial charge >= 0.3 is 5.97 Å².